The first kappa shape index (κ1) is 15.9. The number of likely N-dealkylation sites (tertiary alicyclic amines) is 1. The number of nitrogens with zero attached hydrogens (tertiary/aromatic N) is 1. The molecule has 21 heavy (non-hydrogen) atoms. The van der Waals surface area contributed by atoms with E-state index in [-0.39, 0.29) is 23.9 Å². The second-order valence-corrected chi connectivity index (χ2v) is 5.64. The highest BCUT2D eigenvalue weighted by molar-refractivity contribution is 5.76. The Balaban J connectivity index is 1.95. The van der Waals surface area contributed by atoms with Gasteiger partial charge in [0.25, 0.3) is 0 Å². The molecule has 1 N–H and O–H groups in total. The molecule has 1 aromatic rings. The summed E-state index contributed by atoms with van der Waals surface area (Å²) in [5.74, 6) is -0.534. The van der Waals surface area contributed by atoms with Gasteiger partial charge in [0.15, 0.2) is 0 Å². The third-order valence-corrected chi connectivity index (χ3v) is 4.10. The maximum absolute atomic E-state index is 13.2. The van der Waals surface area contributed by atoms with Crippen molar-refractivity contribution in [3.63, 3.8) is 0 Å². The van der Waals surface area contributed by atoms with Crippen LogP contribution in [0.3, 0.4) is 0 Å². The van der Waals surface area contributed by atoms with Crippen LogP contribution >= 0.6 is 0 Å². The number of ether oxygens (including phenoxy) is 1. The number of carbonyl (C=O) groups excluding carboxylic acids is 1. The van der Waals surface area contributed by atoms with Gasteiger partial charge >= 0.3 is 5.97 Å². The van der Waals surface area contributed by atoms with Crippen LogP contribution in [0, 0.1) is 5.82 Å². The summed E-state index contributed by atoms with van der Waals surface area (Å²) < 4.78 is 18.0. The van der Waals surface area contributed by atoms with Crippen LogP contribution in [-0.4, -0.2) is 47.8 Å². The van der Waals surface area contributed by atoms with Gasteiger partial charge in [-0.25, -0.2) is 4.39 Å². The molecule has 0 saturated carbocycles. The highest BCUT2D eigenvalue weighted by Gasteiger charge is 2.38. The first-order chi connectivity index (χ1) is 10.0. The predicted molar refractivity (Wildman–Crippen MR) is 77.3 cm³/mol. The lowest BCUT2D eigenvalue weighted by Gasteiger charge is -2.28. The number of methoxy groups -OCH3 is 1. The van der Waals surface area contributed by atoms with Gasteiger partial charge in [-0.05, 0) is 37.5 Å². The summed E-state index contributed by atoms with van der Waals surface area (Å²) in [6.45, 7) is 2.50. The molecule has 3 atom stereocenters. The van der Waals surface area contributed by atoms with Crippen molar-refractivity contribution < 1.29 is 19.0 Å². The molecule has 0 aromatic heterocycles. The van der Waals surface area contributed by atoms with Crippen LogP contribution in [0.1, 0.15) is 25.3 Å². The SMILES string of the molecule is COC(=O)[C@@H]1C[C@H](O)CN1[C@H](C)CCc1cccc(F)c1. The molecule has 1 saturated heterocycles. The van der Waals surface area contributed by atoms with Gasteiger partial charge in [-0.15, -0.1) is 0 Å². The molecular formula is C16H22FNO3. The lowest BCUT2D eigenvalue weighted by molar-refractivity contribution is -0.146. The van der Waals surface area contributed by atoms with Gasteiger partial charge in [0, 0.05) is 19.0 Å². The van der Waals surface area contributed by atoms with Gasteiger partial charge in [-0.3, -0.25) is 9.69 Å². The molecule has 1 aliphatic heterocycles. The minimum atomic E-state index is -0.495. The largest absolute Gasteiger partial charge is 0.468 e. The van der Waals surface area contributed by atoms with Gasteiger partial charge in [-0.2, -0.15) is 0 Å². The Bertz CT molecular complexity index is 494. The number of rotatable bonds is 5. The minimum absolute atomic E-state index is 0.120. The van der Waals surface area contributed by atoms with E-state index in [1.807, 2.05) is 17.9 Å². The highest BCUT2D eigenvalue weighted by atomic mass is 19.1. The zero-order valence-electron chi connectivity index (χ0n) is 12.5. The molecule has 0 radical (unpaired) electrons. The van der Waals surface area contributed by atoms with Crippen molar-refractivity contribution in [3.05, 3.63) is 35.6 Å². The van der Waals surface area contributed by atoms with E-state index in [0.29, 0.717) is 13.0 Å². The summed E-state index contributed by atoms with van der Waals surface area (Å²) in [7, 11) is 1.36. The Morgan fingerprint density at radius 3 is 3.00 bits per heavy atom. The molecule has 2 rings (SSSR count). The number of esters is 1. The zero-order chi connectivity index (χ0) is 15.4. The van der Waals surface area contributed by atoms with E-state index >= 15 is 0 Å². The van der Waals surface area contributed by atoms with E-state index in [1.165, 1.54) is 19.2 Å². The van der Waals surface area contributed by atoms with Crippen molar-refractivity contribution in [2.24, 2.45) is 0 Å². The fraction of sp³-hybridized carbons (Fsp3) is 0.562. The van der Waals surface area contributed by atoms with E-state index in [4.69, 9.17) is 4.74 Å². The van der Waals surface area contributed by atoms with E-state index in [0.717, 1.165) is 18.4 Å². The average molecular weight is 295 g/mol. The van der Waals surface area contributed by atoms with Crippen molar-refractivity contribution >= 4 is 5.97 Å². The quantitative estimate of drug-likeness (QED) is 0.841. The van der Waals surface area contributed by atoms with Crippen molar-refractivity contribution in [2.45, 2.75) is 44.4 Å². The number of carbonyl (C=O) groups is 1. The molecule has 1 fully saturated rings. The number of hydrogen-bond acceptors (Lipinski definition) is 4. The van der Waals surface area contributed by atoms with Crippen LogP contribution in [0.5, 0.6) is 0 Å². The van der Waals surface area contributed by atoms with Crippen LogP contribution < -0.4 is 0 Å². The van der Waals surface area contributed by atoms with Gasteiger partial charge in [0.2, 0.25) is 0 Å². The smallest absolute Gasteiger partial charge is 0.323 e. The van der Waals surface area contributed by atoms with Crippen LogP contribution in [0.15, 0.2) is 24.3 Å². The number of aliphatic hydroxyl groups excluding tert-OH is 1. The summed E-state index contributed by atoms with van der Waals surface area (Å²) in [6, 6.07) is 6.29. The third-order valence-electron chi connectivity index (χ3n) is 4.10. The fourth-order valence-corrected chi connectivity index (χ4v) is 2.93. The summed E-state index contributed by atoms with van der Waals surface area (Å²) in [6.07, 6.45) is 1.45. The van der Waals surface area contributed by atoms with Crippen molar-refractivity contribution in [1.82, 2.24) is 4.90 Å². The Labute approximate surface area is 124 Å². The van der Waals surface area contributed by atoms with Crippen LogP contribution in [-0.2, 0) is 16.0 Å². The van der Waals surface area contributed by atoms with E-state index in [2.05, 4.69) is 0 Å². The molecule has 0 amide bonds. The minimum Gasteiger partial charge on any atom is -0.468 e. The molecule has 4 nitrogen and oxygen atoms in total. The van der Waals surface area contributed by atoms with Gasteiger partial charge in [-0.1, -0.05) is 12.1 Å². The number of aryl methyl sites for hydroxylation is 1. The van der Waals surface area contributed by atoms with Gasteiger partial charge in [0.05, 0.1) is 13.2 Å². The number of aliphatic hydroxyl groups is 1. The number of hydrogen-bond donors (Lipinski definition) is 1. The standard InChI is InChI=1S/C16H22FNO3/c1-11(6-7-12-4-3-5-13(17)8-12)18-10-14(19)9-15(18)16(20)21-2/h3-5,8,11,14-15,19H,6-7,9-10H2,1-2H3/t11-,14+,15+/m1/s1. The second kappa shape index (κ2) is 7.00. The summed E-state index contributed by atoms with van der Waals surface area (Å²) >= 11 is 0. The molecule has 116 valence electrons. The van der Waals surface area contributed by atoms with E-state index < -0.39 is 6.10 Å². The van der Waals surface area contributed by atoms with Crippen LogP contribution in [0.2, 0.25) is 0 Å². The normalized spacial score (nSPS) is 24.0. The number of β-amino-alcohol motifs (C(OH)–C–C–N with tert-alkyl or cyclic N) is 1. The topological polar surface area (TPSA) is 49.8 Å². The van der Waals surface area contributed by atoms with E-state index in [9.17, 15) is 14.3 Å². The maximum atomic E-state index is 13.2. The predicted octanol–water partition coefficient (Wildman–Crippen LogP) is 1.75. The molecule has 0 aliphatic carbocycles. The molecular weight excluding hydrogens is 273 g/mol. The molecule has 1 aliphatic rings. The monoisotopic (exact) mass is 295 g/mol. The third kappa shape index (κ3) is 4.02. The lowest BCUT2D eigenvalue weighted by atomic mass is 10.0. The second-order valence-electron chi connectivity index (χ2n) is 5.64. The van der Waals surface area contributed by atoms with Gasteiger partial charge < -0.3 is 9.84 Å². The fourth-order valence-electron chi connectivity index (χ4n) is 2.93. The molecule has 1 aromatic carbocycles. The lowest BCUT2D eigenvalue weighted by Crippen LogP contribution is -2.42. The molecule has 0 spiro atoms. The van der Waals surface area contributed by atoms with Gasteiger partial charge in [0.1, 0.15) is 11.9 Å². The maximum Gasteiger partial charge on any atom is 0.323 e. The summed E-state index contributed by atoms with van der Waals surface area (Å²) in [5, 5.41) is 9.79. The number of halogens is 1. The Morgan fingerprint density at radius 2 is 2.33 bits per heavy atom. The van der Waals surface area contributed by atoms with Crippen molar-refractivity contribution in [2.75, 3.05) is 13.7 Å². The van der Waals surface area contributed by atoms with Crippen LogP contribution in [0.25, 0.3) is 0 Å². The molecule has 5 heteroatoms. The molecule has 0 bridgehead atoms. The molecule has 1 heterocycles. The first-order valence-electron chi connectivity index (χ1n) is 7.27. The van der Waals surface area contributed by atoms with Crippen LogP contribution in [0.4, 0.5) is 4.39 Å². The summed E-state index contributed by atoms with van der Waals surface area (Å²) in [5.41, 5.74) is 0.941. The Kier molecular flexibility index (Phi) is 5.31. The van der Waals surface area contributed by atoms with Crippen molar-refractivity contribution in [1.29, 1.82) is 0 Å². The Hall–Kier alpha value is -1.46. The number of benzene rings is 1. The highest BCUT2D eigenvalue weighted by Crippen LogP contribution is 2.24. The molecule has 0 unspecified atom stereocenters. The average Bonchev–Trinajstić information content (AvgIpc) is 2.86. The van der Waals surface area contributed by atoms with E-state index in [1.54, 1.807) is 6.07 Å². The Morgan fingerprint density at radius 1 is 1.57 bits per heavy atom. The summed E-state index contributed by atoms with van der Waals surface area (Å²) in [4.78, 5) is 13.8. The first-order valence-corrected chi connectivity index (χ1v) is 7.27. The van der Waals surface area contributed by atoms with Crippen molar-refractivity contribution in [3.8, 4) is 0 Å². The zero-order valence-corrected chi connectivity index (χ0v) is 12.5.